The Morgan fingerprint density at radius 1 is 1.50 bits per heavy atom. The number of hydrogen-bond acceptors (Lipinski definition) is 4. The predicted molar refractivity (Wildman–Crippen MR) is 65.8 cm³/mol. The second-order valence-electron chi connectivity index (χ2n) is 4.42. The molecule has 0 saturated heterocycles. The number of fused-ring (bicyclic) bond motifs is 2. The molecule has 0 fully saturated rings. The molecular weight excluding hydrogens is 220 g/mol. The summed E-state index contributed by atoms with van der Waals surface area (Å²) in [6.07, 6.45) is 1.45. The number of aromatic nitrogens is 1. The van der Waals surface area contributed by atoms with Crippen molar-refractivity contribution in [2.45, 2.75) is 19.8 Å². The Labute approximate surface area is 97.3 Å². The van der Waals surface area contributed by atoms with Crippen molar-refractivity contribution in [3.05, 3.63) is 22.7 Å². The van der Waals surface area contributed by atoms with Crippen LogP contribution in [0.2, 0.25) is 0 Å². The van der Waals surface area contributed by atoms with Crippen LogP contribution in [-0.2, 0) is 6.42 Å². The zero-order valence-corrected chi connectivity index (χ0v) is 9.80. The number of hydrogen-bond donors (Lipinski definition) is 1. The molecule has 4 heteroatoms. The highest BCUT2D eigenvalue weighted by molar-refractivity contribution is 7.16. The molecule has 16 heavy (non-hydrogen) atoms. The van der Waals surface area contributed by atoms with Gasteiger partial charge in [0, 0.05) is 11.8 Å². The quantitative estimate of drug-likeness (QED) is 0.759. The lowest BCUT2D eigenvalue weighted by Gasteiger charge is -2.20. The standard InChI is InChI=1S/C12H12N2OS/c1-6-4-8-10(9(15)5-6)11(13)7-2-3-16-12(7)14-8/h2-3,6H,4-5H2,1H3,(H2,13,14). The number of nitrogen functional groups attached to an aromatic ring is 1. The molecule has 2 aromatic rings. The number of Topliss-reactive ketones (excluding diaryl/α,β-unsaturated/α-hetero) is 1. The second-order valence-corrected chi connectivity index (χ2v) is 5.32. The van der Waals surface area contributed by atoms with Gasteiger partial charge >= 0.3 is 0 Å². The van der Waals surface area contributed by atoms with Crippen molar-refractivity contribution < 1.29 is 4.79 Å². The SMILES string of the molecule is CC1CC(=O)c2c(nc3sccc3c2N)C1. The Balaban J connectivity index is 2.34. The summed E-state index contributed by atoms with van der Waals surface area (Å²) in [7, 11) is 0. The topological polar surface area (TPSA) is 56.0 Å². The molecule has 82 valence electrons. The third-order valence-electron chi connectivity index (χ3n) is 3.08. The van der Waals surface area contributed by atoms with E-state index < -0.39 is 0 Å². The van der Waals surface area contributed by atoms with E-state index in [0.29, 0.717) is 23.6 Å². The van der Waals surface area contributed by atoms with Gasteiger partial charge in [-0.05, 0) is 23.8 Å². The average Bonchev–Trinajstić information content (AvgIpc) is 2.64. The first-order valence-corrected chi connectivity index (χ1v) is 6.23. The maximum atomic E-state index is 12.0. The van der Waals surface area contributed by atoms with E-state index in [1.165, 1.54) is 0 Å². The first-order valence-electron chi connectivity index (χ1n) is 5.35. The summed E-state index contributed by atoms with van der Waals surface area (Å²) < 4.78 is 0. The number of nitrogens with zero attached hydrogens (tertiary/aromatic N) is 1. The summed E-state index contributed by atoms with van der Waals surface area (Å²) in [4.78, 5) is 17.5. The Bertz CT molecular complexity index is 588. The Kier molecular flexibility index (Phi) is 2.01. The van der Waals surface area contributed by atoms with Gasteiger partial charge in [0.15, 0.2) is 5.78 Å². The number of nitrogens with two attached hydrogens (primary N) is 1. The van der Waals surface area contributed by atoms with Crippen LogP contribution in [-0.4, -0.2) is 10.8 Å². The average molecular weight is 232 g/mol. The molecule has 2 heterocycles. The van der Waals surface area contributed by atoms with Crippen LogP contribution in [0.4, 0.5) is 5.69 Å². The fraction of sp³-hybridized carbons (Fsp3) is 0.333. The first-order chi connectivity index (χ1) is 7.66. The van der Waals surface area contributed by atoms with E-state index in [9.17, 15) is 4.79 Å². The monoisotopic (exact) mass is 232 g/mol. The van der Waals surface area contributed by atoms with E-state index >= 15 is 0 Å². The van der Waals surface area contributed by atoms with Gasteiger partial charge in [-0.25, -0.2) is 4.98 Å². The van der Waals surface area contributed by atoms with Gasteiger partial charge in [0.1, 0.15) is 4.83 Å². The number of carbonyl (C=O) groups is 1. The molecule has 0 amide bonds. The van der Waals surface area contributed by atoms with Gasteiger partial charge in [0.05, 0.1) is 16.9 Å². The van der Waals surface area contributed by atoms with E-state index in [-0.39, 0.29) is 5.78 Å². The van der Waals surface area contributed by atoms with Gasteiger partial charge in [-0.15, -0.1) is 11.3 Å². The molecule has 1 unspecified atom stereocenters. The summed E-state index contributed by atoms with van der Waals surface area (Å²) >= 11 is 1.57. The van der Waals surface area contributed by atoms with E-state index in [0.717, 1.165) is 22.3 Å². The van der Waals surface area contributed by atoms with E-state index in [2.05, 4.69) is 11.9 Å². The predicted octanol–water partition coefficient (Wildman–Crippen LogP) is 2.64. The van der Waals surface area contributed by atoms with Crippen molar-refractivity contribution in [1.82, 2.24) is 4.98 Å². The number of pyridine rings is 1. The highest BCUT2D eigenvalue weighted by Gasteiger charge is 2.27. The van der Waals surface area contributed by atoms with Crippen LogP contribution >= 0.6 is 11.3 Å². The number of thiophene rings is 1. The van der Waals surface area contributed by atoms with Crippen LogP contribution in [0, 0.1) is 5.92 Å². The third-order valence-corrected chi connectivity index (χ3v) is 3.89. The Morgan fingerprint density at radius 3 is 3.12 bits per heavy atom. The van der Waals surface area contributed by atoms with Crippen molar-refractivity contribution in [2.75, 3.05) is 5.73 Å². The minimum atomic E-state index is 0.145. The molecule has 0 aromatic carbocycles. The normalized spacial score (nSPS) is 20.1. The summed E-state index contributed by atoms with van der Waals surface area (Å²) in [6, 6.07) is 1.94. The Morgan fingerprint density at radius 2 is 2.31 bits per heavy atom. The maximum absolute atomic E-state index is 12.0. The molecule has 3 nitrogen and oxygen atoms in total. The van der Waals surface area contributed by atoms with Crippen LogP contribution < -0.4 is 5.73 Å². The third kappa shape index (κ3) is 1.26. The van der Waals surface area contributed by atoms with Crippen LogP contribution in [0.1, 0.15) is 29.4 Å². The van der Waals surface area contributed by atoms with Gasteiger partial charge < -0.3 is 5.73 Å². The lowest BCUT2D eigenvalue weighted by atomic mass is 9.86. The maximum Gasteiger partial charge on any atom is 0.167 e. The summed E-state index contributed by atoms with van der Waals surface area (Å²) in [5, 5.41) is 2.89. The number of anilines is 1. The van der Waals surface area contributed by atoms with Gasteiger partial charge in [0.25, 0.3) is 0 Å². The van der Waals surface area contributed by atoms with Gasteiger partial charge in [-0.2, -0.15) is 0 Å². The molecule has 0 radical (unpaired) electrons. The van der Waals surface area contributed by atoms with Gasteiger partial charge in [0.2, 0.25) is 0 Å². The van der Waals surface area contributed by atoms with Crippen molar-refractivity contribution in [1.29, 1.82) is 0 Å². The molecule has 0 aliphatic heterocycles. The second kappa shape index (κ2) is 3.28. The van der Waals surface area contributed by atoms with Crippen LogP contribution in [0.15, 0.2) is 11.4 Å². The Hall–Kier alpha value is -1.42. The fourth-order valence-corrected chi connectivity index (χ4v) is 3.14. The molecule has 1 aliphatic carbocycles. The lowest BCUT2D eigenvalue weighted by molar-refractivity contribution is 0.0953. The molecule has 2 N–H and O–H groups in total. The van der Waals surface area contributed by atoms with E-state index in [4.69, 9.17) is 5.73 Å². The van der Waals surface area contributed by atoms with E-state index in [1.807, 2.05) is 11.4 Å². The van der Waals surface area contributed by atoms with Crippen molar-refractivity contribution in [3.8, 4) is 0 Å². The minimum absolute atomic E-state index is 0.145. The summed E-state index contributed by atoms with van der Waals surface area (Å²) in [6.45, 7) is 2.08. The zero-order chi connectivity index (χ0) is 11.3. The van der Waals surface area contributed by atoms with Crippen LogP contribution in [0.3, 0.4) is 0 Å². The van der Waals surface area contributed by atoms with Crippen molar-refractivity contribution in [3.63, 3.8) is 0 Å². The molecule has 0 bridgehead atoms. The van der Waals surface area contributed by atoms with Crippen molar-refractivity contribution >= 4 is 33.0 Å². The summed E-state index contributed by atoms with van der Waals surface area (Å²) in [5.74, 6) is 0.524. The number of ketones is 1. The number of rotatable bonds is 0. The molecule has 2 aromatic heterocycles. The highest BCUT2D eigenvalue weighted by atomic mass is 32.1. The van der Waals surface area contributed by atoms with Crippen molar-refractivity contribution in [2.24, 2.45) is 5.92 Å². The molecule has 1 atom stereocenters. The minimum Gasteiger partial charge on any atom is -0.398 e. The highest BCUT2D eigenvalue weighted by Crippen LogP contribution is 2.34. The number of carbonyl (C=O) groups excluding carboxylic acids is 1. The molecule has 0 saturated carbocycles. The van der Waals surface area contributed by atoms with Crippen LogP contribution in [0.25, 0.3) is 10.2 Å². The molecular formula is C12H12N2OS. The zero-order valence-electron chi connectivity index (χ0n) is 8.99. The largest absolute Gasteiger partial charge is 0.398 e. The van der Waals surface area contributed by atoms with Gasteiger partial charge in [-0.1, -0.05) is 6.92 Å². The van der Waals surface area contributed by atoms with Gasteiger partial charge in [-0.3, -0.25) is 4.79 Å². The van der Waals surface area contributed by atoms with E-state index in [1.54, 1.807) is 11.3 Å². The fourth-order valence-electron chi connectivity index (χ4n) is 2.34. The molecule has 3 rings (SSSR count). The lowest BCUT2D eigenvalue weighted by Crippen LogP contribution is -2.21. The first kappa shape index (κ1) is 9.78. The molecule has 0 spiro atoms. The van der Waals surface area contributed by atoms with Crippen LogP contribution in [0.5, 0.6) is 0 Å². The summed E-state index contributed by atoms with van der Waals surface area (Å²) in [5.41, 5.74) is 8.24. The smallest absolute Gasteiger partial charge is 0.167 e. The molecule has 1 aliphatic rings.